The largest absolute Gasteiger partial charge is 0.492 e. The van der Waals surface area contributed by atoms with Gasteiger partial charge in [0.2, 0.25) is 0 Å². The van der Waals surface area contributed by atoms with Gasteiger partial charge in [-0.05, 0) is 44.8 Å². The highest BCUT2D eigenvalue weighted by Crippen LogP contribution is 2.27. The third kappa shape index (κ3) is 2.94. The molecule has 0 saturated carbocycles. The molecule has 2 atom stereocenters. The van der Waals surface area contributed by atoms with Gasteiger partial charge in [0.05, 0.1) is 12.8 Å². The predicted molar refractivity (Wildman–Crippen MR) is 88.7 cm³/mol. The number of likely N-dealkylation sites (tertiary alicyclic amines) is 1. The number of rotatable bonds is 3. The summed E-state index contributed by atoms with van der Waals surface area (Å²) in [7, 11) is 4.16. The van der Waals surface area contributed by atoms with Crippen LogP contribution in [0.2, 0.25) is 0 Å². The Morgan fingerprint density at radius 2 is 2.27 bits per heavy atom. The Hall–Kier alpha value is -1.27. The van der Waals surface area contributed by atoms with Gasteiger partial charge in [0.25, 0.3) is 5.91 Å². The van der Waals surface area contributed by atoms with Gasteiger partial charge in [-0.1, -0.05) is 0 Å². The van der Waals surface area contributed by atoms with Crippen molar-refractivity contribution in [3.05, 3.63) is 23.5 Å². The molecule has 22 heavy (non-hydrogen) atoms. The summed E-state index contributed by atoms with van der Waals surface area (Å²) in [4.78, 5) is 21.2. The van der Waals surface area contributed by atoms with Crippen LogP contribution in [0.5, 0.6) is 5.75 Å². The van der Waals surface area contributed by atoms with Gasteiger partial charge < -0.3 is 14.5 Å². The molecule has 3 heterocycles. The molecule has 2 aliphatic heterocycles. The van der Waals surface area contributed by atoms with E-state index in [-0.39, 0.29) is 5.91 Å². The highest BCUT2D eigenvalue weighted by atomic mass is 32.2. The molecule has 2 aliphatic rings. The van der Waals surface area contributed by atoms with Gasteiger partial charge in [0, 0.05) is 24.4 Å². The lowest BCUT2D eigenvalue weighted by atomic mass is 10.1. The molecule has 0 aliphatic carbocycles. The molecule has 120 valence electrons. The van der Waals surface area contributed by atoms with E-state index < -0.39 is 0 Å². The molecule has 1 fully saturated rings. The maximum Gasteiger partial charge on any atom is 0.272 e. The van der Waals surface area contributed by atoms with Gasteiger partial charge in [-0.25, -0.2) is 4.98 Å². The smallest absolute Gasteiger partial charge is 0.272 e. The zero-order valence-electron chi connectivity index (χ0n) is 13.4. The second-order valence-electron chi connectivity index (χ2n) is 6.14. The van der Waals surface area contributed by atoms with Gasteiger partial charge in [-0.3, -0.25) is 4.79 Å². The predicted octanol–water partition coefficient (Wildman–Crippen LogP) is 1.52. The molecular weight excluding hydrogens is 298 g/mol. The second-order valence-corrected chi connectivity index (χ2v) is 7.22. The van der Waals surface area contributed by atoms with E-state index in [0.717, 1.165) is 43.9 Å². The zero-order valence-corrected chi connectivity index (χ0v) is 14.2. The molecule has 0 radical (unpaired) electrons. The molecule has 0 aromatic carbocycles. The van der Waals surface area contributed by atoms with E-state index >= 15 is 0 Å². The maximum absolute atomic E-state index is 12.8. The molecule has 0 bridgehead atoms. The van der Waals surface area contributed by atoms with E-state index in [1.165, 1.54) is 0 Å². The molecule has 1 aromatic heterocycles. The maximum atomic E-state index is 12.8. The summed E-state index contributed by atoms with van der Waals surface area (Å²) in [5, 5.41) is 0.458. The third-order valence-corrected chi connectivity index (χ3v) is 5.57. The van der Waals surface area contributed by atoms with E-state index in [9.17, 15) is 4.79 Å². The fourth-order valence-corrected chi connectivity index (χ4v) is 4.16. The lowest BCUT2D eigenvalue weighted by Crippen LogP contribution is -2.37. The van der Waals surface area contributed by atoms with Crippen LogP contribution >= 0.6 is 11.8 Å². The minimum absolute atomic E-state index is 0.0387. The molecule has 0 spiro atoms. The molecule has 0 N–H and O–H groups in total. The number of pyridine rings is 1. The Morgan fingerprint density at radius 1 is 1.45 bits per heavy atom. The summed E-state index contributed by atoms with van der Waals surface area (Å²) in [6.45, 7) is 2.30. The molecule has 1 saturated heterocycles. The minimum Gasteiger partial charge on any atom is -0.492 e. The number of thioether (sulfide) groups is 1. The molecule has 1 amide bonds. The van der Waals surface area contributed by atoms with Crippen molar-refractivity contribution in [3.8, 4) is 5.75 Å². The van der Waals surface area contributed by atoms with Gasteiger partial charge in [-0.2, -0.15) is 11.8 Å². The standard InChI is InChI=1S/C16H23N3O2S/c1-18(2)13-9-19(10-15(13)22-3)16(20)12-7-11-5-4-6-21-14(11)8-17-12/h7-8,13,15H,4-6,9-10H2,1-3H3. The number of nitrogens with zero attached hydrogens (tertiary/aromatic N) is 3. The topological polar surface area (TPSA) is 45.7 Å². The first-order chi connectivity index (χ1) is 10.6. The molecular formula is C16H23N3O2S. The fraction of sp³-hybridized carbons (Fsp3) is 0.625. The summed E-state index contributed by atoms with van der Waals surface area (Å²) >= 11 is 1.83. The average molecular weight is 321 g/mol. The summed E-state index contributed by atoms with van der Waals surface area (Å²) in [6.07, 6.45) is 5.79. The number of hydrogen-bond acceptors (Lipinski definition) is 5. The average Bonchev–Trinajstić information content (AvgIpc) is 2.98. The van der Waals surface area contributed by atoms with E-state index in [1.807, 2.05) is 22.7 Å². The monoisotopic (exact) mass is 321 g/mol. The second kappa shape index (κ2) is 6.46. The van der Waals surface area contributed by atoms with Gasteiger partial charge in [-0.15, -0.1) is 0 Å². The van der Waals surface area contributed by atoms with Crippen molar-refractivity contribution in [1.29, 1.82) is 0 Å². The Labute approximate surface area is 136 Å². The normalized spacial score (nSPS) is 24.3. The van der Waals surface area contributed by atoms with Crippen LogP contribution in [0, 0.1) is 0 Å². The number of aromatic nitrogens is 1. The summed E-state index contributed by atoms with van der Waals surface area (Å²) in [5.41, 5.74) is 1.65. The van der Waals surface area contributed by atoms with Gasteiger partial charge in [0.15, 0.2) is 0 Å². The van der Waals surface area contributed by atoms with Crippen molar-refractivity contribution in [1.82, 2.24) is 14.8 Å². The Balaban J connectivity index is 1.77. The van der Waals surface area contributed by atoms with Crippen LogP contribution in [0.25, 0.3) is 0 Å². The highest BCUT2D eigenvalue weighted by molar-refractivity contribution is 7.99. The van der Waals surface area contributed by atoms with E-state index in [0.29, 0.717) is 17.0 Å². The summed E-state index contributed by atoms with van der Waals surface area (Å²) < 4.78 is 5.57. The van der Waals surface area contributed by atoms with Crippen molar-refractivity contribution < 1.29 is 9.53 Å². The number of aryl methyl sites for hydroxylation is 1. The first-order valence-corrected chi connectivity index (χ1v) is 8.99. The minimum atomic E-state index is 0.0387. The first-order valence-electron chi connectivity index (χ1n) is 7.70. The number of carbonyl (C=O) groups is 1. The van der Waals surface area contributed by atoms with Crippen LogP contribution in [0.3, 0.4) is 0 Å². The molecule has 6 heteroatoms. The lowest BCUT2D eigenvalue weighted by Gasteiger charge is -2.23. The molecule has 1 aromatic rings. The summed E-state index contributed by atoms with van der Waals surface area (Å²) in [6, 6.07) is 2.31. The number of fused-ring (bicyclic) bond motifs is 1. The van der Waals surface area contributed by atoms with Crippen LogP contribution in [0.15, 0.2) is 12.3 Å². The van der Waals surface area contributed by atoms with Gasteiger partial charge >= 0.3 is 0 Å². The highest BCUT2D eigenvalue weighted by Gasteiger charge is 2.36. The van der Waals surface area contributed by atoms with E-state index in [2.05, 4.69) is 30.2 Å². The van der Waals surface area contributed by atoms with Crippen molar-refractivity contribution >= 4 is 17.7 Å². The van der Waals surface area contributed by atoms with Crippen LogP contribution in [-0.2, 0) is 6.42 Å². The molecule has 2 unspecified atom stereocenters. The number of amides is 1. The molecule has 3 rings (SSSR count). The van der Waals surface area contributed by atoms with Crippen LogP contribution < -0.4 is 4.74 Å². The van der Waals surface area contributed by atoms with Crippen LogP contribution in [0.4, 0.5) is 0 Å². The SMILES string of the molecule is CSC1CN(C(=O)c2cc3c(cn2)OCCC3)CC1N(C)C. The van der Waals surface area contributed by atoms with Crippen LogP contribution in [0.1, 0.15) is 22.5 Å². The number of hydrogen-bond donors (Lipinski definition) is 0. The third-order valence-electron chi connectivity index (χ3n) is 4.51. The number of likely N-dealkylation sites (N-methyl/N-ethyl adjacent to an activating group) is 1. The lowest BCUT2D eigenvalue weighted by molar-refractivity contribution is 0.0777. The first kappa shape index (κ1) is 15.6. The Kier molecular flexibility index (Phi) is 4.59. The van der Waals surface area contributed by atoms with Crippen molar-refractivity contribution in [3.63, 3.8) is 0 Å². The quantitative estimate of drug-likeness (QED) is 0.845. The Morgan fingerprint density at radius 3 is 2.95 bits per heavy atom. The van der Waals surface area contributed by atoms with Crippen LogP contribution in [-0.4, -0.2) is 72.0 Å². The Bertz CT molecular complexity index is 564. The van der Waals surface area contributed by atoms with Crippen molar-refractivity contribution in [2.45, 2.75) is 24.1 Å². The number of carbonyl (C=O) groups excluding carboxylic acids is 1. The van der Waals surface area contributed by atoms with E-state index in [4.69, 9.17) is 4.74 Å². The zero-order chi connectivity index (χ0) is 15.7. The van der Waals surface area contributed by atoms with Gasteiger partial charge in [0.1, 0.15) is 11.4 Å². The van der Waals surface area contributed by atoms with Crippen molar-refractivity contribution in [2.75, 3.05) is 40.0 Å². The molecule has 5 nitrogen and oxygen atoms in total. The van der Waals surface area contributed by atoms with E-state index in [1.54, 1.807) is 6.20 Å². The fourth-order valence-electron chi connectivity index (χ4n) is 3.18. The number of ether oxygens (including phenoxy) is 1. The van der Waals surface area contributed by atoms with Crippen molar-refractivity contribution in [2.24, 2.45) is 0 Å². The summed E-state index contributed by atoms with van der Waals surface area (Å²) in [5.74, 6) is 0.870.